The minimum absolute atomic E-state index is 0. The second-order valence-corrected chi connectivity index (χ2v) is 8.72. The predicted molar refractivity (Wildman–Crippen MR) is 107 cm³/mol. The number of halogens is 1. The van der Waals surface area contributed by atoms with Crippen molar-refractivity contribution < 1.29 is 13.2 Å². The Morgan fingerprint density at radius 3 is 2.58 bits per heavy atom. The summed E-state index contributed by atoms with van der Waals surface area (Å²) in [6, 6.07) is 6.92. The summed E-state index contributed by atoms with van der Waals surface area (Å²) in [5, 5.41) is 8.32. The van der Waals surface area contributed by atoms with Crippen LogP contribution in [0.2, 0.25) is 0 Å². The van der Waals surface area contributed by atoms with E-state index in [0.29, 0.717) is 10.8 Å². The second-order valence-electron chi connectivity index (χ2n) is 6.11. The summed E-state index contributed by atoms with van der Waals surface area (Å²) < 4.78 is 24.8. The summed E-state index contributed by atoms with van der Waals surface area (Å²) in [4.78, 5) is 16.3. The van der Waals surface area contributed by atoms with E-state index >= 15 is 0 Å². The number of nitrogens with zero attached hydrogens (tertiary/aromatic N) is 1. The molecule has 0 atom stereocenters. The summed E-state index contributed by atoms with van der Waals surface area (Å²) in [6.45, 7) is 1.18. The fourth-order valence-corrected chi connectivity index (χ4v) is 3.56. The molecule has 142 valence electrons. The van der Waals surface area contributed by atoms with E-state index in [9.17, 15) is 13.2 Å². The highest BCUT2D eigenvalue weighted by Crippen LogP contribution is 2.28. The first-order valence-electron chi connectivity index (χ1n) is 7.93. The van der Waals surface area contributed by atoms with Gasteiger partial charge in [0.15, 0.2) is 5.13 Å². The van der Waals surface area contributed by atoms with Crippen molar-refractivity contribution >= 4 is 50.5 Å². The Morgan fingerprint density at radius 1 is 1.27 bits per heavy atom. The molecule has 1 heterocycles. The number of anilines is 2. The number of rotatable bonds is 8. The number of hydrogen-bond donors (Lipinski definition) is 3. The van der Waals surface area contributed by atoms with Gasteiger partial charge in [0, 0.05) is 16.6 Å². The van der Waals surface area contributed by atoms with E-state index in [1.165, 1.54) is 24.2 Å². The van der Waals surface area contributed by atoms with Gasteiger partial charge in [0.1, 0.15) is 0 Å². The monoisotopic (exact) mass is 416 g/mol. The highest BCUT2D eigenvalue weighted by atomic mass is 35.5. The van der Waals surface area contributed by atoms with Crippen molar-refractivity contribution in [2.24, 2.45) is 5.92 Å². The molecule has 1 aliphatic carbocycles. The molecule has 1 saturated carbocycles. The summed E-state index contributed by atoms with van der Waals surface area (Å²) in [7, 11) is -3.29. The quantitative estimate of drug-likeness (QED) is 0.614. The summed E-state index contributed by atoms with van der Waals surface area (Å²) >= 11 is 1.36. The van der Waals surface area contributed by atoms with Crippen molar-refractivity contribution in [1.29, 1.82) is 0 Å². The third kappa shape index (κ3) is 6.56. The van der Waals surface area contributed by atoms with Gasteiger partial charge in [-0.05, 0) is 37.4 Å². The zero-order chi connectivity index (χ0) is 17.9. The highest BCUT2D eigenvalue weighted by Gasteiger charge is 2.20. The number of sulfonamides is 1. The van der Waals surface area contributed by atoms with Gasteiger partial charge in [-0.3, -0.25) is 9.52 Å². The number of carbonyl (C=O) groups is 1. The van der Waals surface area contributed by atoms with Crippen LogP contribution >= 0.6 is 23.7 Å². The normalized spacial score (nSPS) is 13.7. The summed E-state index contributed by atoms with van der Waals surface area (Å²) in [5.41, 5.74) is 2.08. The van der Waals surface area contributed by atoms with Gasteiger partial charge in [-0.25, -0.2) is 13.4 Å². The van der Waals surface area contributed by atoms with Gasteiger partial charge < -0.3 is 10.6 Å². The molecule has 1 fully saturated rings. The van der Waals surface area contributed by atoms with Crippen molar-refractivity contribution in [2.75, 3.05) is 29.4 Å². The van der Waals surface area contributed by atoms with Crippen LogP contribution in [-0.2, 0) is 14.8 Å². The maximum Gasteiger partial charge on any atom is 0.240 e. The second kappa shape index (κ2) is 8.81. The largest absolute Gasteiger partial charge is 0.308 e. The Morgan fingerprint density at radius 2 is 1.96 bits per heavy atom. The average molecular weight is 417 g/mol. The lowest BCUT2D eigenvalue weighted by Crippen LogP contribution is -2.29. The molecule has 0 aliphatic heterocycles. The molecule has 7 nitrogen and oxygen atoms in total. The maximum absolute atomic E-state index is 11.9. The molecule has 3 rings (SSSR count). The molecule has 0 saturated heterocycles. The smallest absolute Gasteiger partial charge is 0.240 e. The number of amides is 1. The number of nitrogens with one attached hydrogen (secondary N) is 3. The van der Waals surface area contributed by atoms with E-state index < -0.39 is 10.0 Å². The van der Waals surface area contributed by atoms with Gasteiger partial charge in [-0.2, -0.15) is 0 Å². The van der Waals surface area contributed by atoms with E-state index in [1.807, 2.05) is 5.38 Å². The lowest BCUT2D eigenvalue weighted by atomic mass is 10.1. The van der Waals surface area contributed by atoms with Crippen molar-refractivity contribution in [3.63, 3.8) is 0 Å². The molecule has 0 unspecified atom stereocenters. The van der Waals surface area contributed by atoms with Crippen molar-refractivity contribution in [1.82, 2.24) is 10.3 Å². The molecular weight excluding hydrogens is 396 g/mol. The van der Waals surface area contributed by atoms with Crippen LogP contribution in [0.5, 0.6) is 0 Å². The van der Waals surface area contributed by atoms with Crippen molar-refractivity contribution in [2.45, 2.75) is 12.8 Å². The van der Waals surface area contributed by atoms with E-state index in [2.05, 4.69) is 20.3 Å². The number of hydrogen-bond acceptors (Lipinski definition) is 6. The van der Waals surface area contributed by atoms with Crippen molar-refractivity contribution in [3.8, 4) is 11.3 Å². The molecule has 0 spiro atoms. The first-order valence-corrected chi connectivity index (χ1v) is 10.7. The molecule has 26 heavy (non-hydrogen) atoms. The SMILES string of the molecule is CS(=O)(=O)Nc1ccc(-c2csc(NC(=O)CNCC3CC3)n2)cc1.Cl. The van der Waals surface area contributed by atoms with E-state index in [0.717, 1.165) is 30.0 Å². The van der Waals surface area contributed by atoms with Crippen LogP contribution in [0.15, 0.2) is 29.6 Å². The van der Waals surface area contributed by atoms with E-state index in [-0.39, 0.29) is 24.9 Å². The third-order valence-electron chi connectivity index (χ3n) is 3.65. The number of aromatic nitrogens is 1. The van der Waals surface area contributed by atoms with Crippen LogP contribution in [0.25, 0.3) is 11.3 Å². The molecule has 10 heteroatoms. The Hall–Kier alpha value is -1.68. The van der Waals surface area contributed by atoms with Crippen LogP contribution in [-0.4, -0.2) is 38.7 Å². The van der Waals surface area contributed by atoms with Crippen LogP contribution in [0.3, 0.4) is 0 Å². The molecule has 2 aromatic rings. The van der Waals surface area contributed by atoms with E-state index in [1.54, 1.807) is 24.3 Å². The molecule has 1 amide bonds. The van der Waals surface area contributed by atoms with E-state index in [4.69, 9.17) is 0 Å². The van der Waals surface area contributed by atoms with Crippen LogP contribution in [0, 0.1) is 5.92 Å². The zero-order valence-electron chi connectivity index (χ0n) is 14.2. The molecule has 1 aliphatic rings. The van der Waals surface area contributed by atoms with Crippen LogP contribution in [0.4, 0.5) is 10.8 Å². The van der Waals surface area contributed by atoms with Crippen LogP contribution < -0.4 is 15.4 Å². The highest BCUT2D eigenvalue weighted by molar-refractivity contribution is 7.92. The van der Waals surface area contributed by atoms with Gasteiger partial charge in [0.2, 0.25) is 15.9 Å². The molecule has 1 aromatic heterocycles. The Kier molecular flexibility index (Phi) is 6.99. The van der Waals surface area contributed by atoms with Gasteiger partial charge in [0.25, 0.3) is 0 Å². The first-order chi connectivity index (χ1) is 11.9. The summed E-state index contributed by atoms with van der Waals surface area (Å²) in [5.74, 6) is 0.633. The van der Waals surface area contributed by atoms with Crippen molar-refractivity contribution in [3.05, 3.63) is 29.6 Å². The minimum atomic E-state index is -3.29. The lowest BCUT2D eigenvalue weighted by molar-refractivity contribution is -0.115. The minimum Gasteiger partial charge on any atom is -0.308 e. The first kappa shape index (κ1) is 20.6. The maximum atomic E-state index is 11.9. The van der Waals surface area contributed by atoms with Gasteiger partial charge >= 0.3 is 0 Å². The fraction of sp³-hybridized carbons (Fsp3) is 0.375. The number of thiazole rings is 1. The fourth-order valence-electron chi connectivity index (χ4n) is 2.26. The van der Waals surface area contributed by atoms with Gasteiger partial charge in [0.05, 0.1) is 18.5 Å². The predicted octanol–water partition coefficient (Wildman–Crippen LogP) is 2.54. The molecule has 0 bridgehead atoms. The van der Waals surface area contributed by atoms with Gasteiger partial charge in [-0.15, -0.1) is 23.7 Å². The standard InChI is InChI=1S/C16H20N4O3S2.ClH/c1-25(22,23)20-13-6-4-12(5-7-13)14-10-24-16(18-14)19-15(21)9-17-8-11-2-3-11;/h4-7,10-11,17,20H,2-3,8-9H2,1H3,(H,18,19,21);1H. The summed E-state index contributed by atoms with van der Waals surface area (Å²) in [6.07, 6.45) is 3.61. The Balaban J connectivity index is 0.00000243. The number of benzene rings is 1. The molecule has 0 radical (unpaired) electrons. The Labute approximate surface area is 163 Å². The molecule has 1 aromatic carbocycles. The lowest BCUT2D eigenvalue weighted by Gasteiger charge is -2.04. The third-order valence-corrected chi connectivity index (χ3v) is 5.01. The average Bonchev–Trinajstić information content (AvgIpc) is 3.24. The zero-order valence-corrected chi connectivity index (χ0v) is 16.6. The Bertz CT molecular complexity index is 849. The van der Waals surface area contributed by atoms with Gasteiger partial charge in [-0.1, -0.05) is 12.1 Å². The molecular formula is C16H21ClN4O3S2. The molecule has 3 N–H and O–H groups in total. The topological polar surface area (TPSA) is 100 Å². The number of carbonyl (C=O) groups excluding carboxylic acids is 1. The van der Waals surface area contributed by atoms with Crippen LogP contribution in [0.1, 0.15) is 12.8 Å².